The van der Waals surface area contributed by atoms with Gasteiger partial charge in [0.05, 0.1) is 29.1 Å². The van der Waals surface area contributed by atoms with Crippen molar-refractivity contribution in [3.8, 4) is 0 Å². The van der Waals surface area contributed by atoms with Crippen molar-refractivity contribution < 1.29 is 37.3 Å². The van der Waals surface area contributed by atoms with Gasteiger partial charge in [0.1, 0.15) is 35.6 Å². The highest BCUT2D eigenvalue weighted by molar-refractivity contribution is 7.89. The summed E-state index contributed by atoms with van der Waals surface area (Å²) in [4.78, 5) is 37.7. The van der Waals surface area contributed by atoms with Gasteiger partial charge in [0.2, 0.25) is 10.0 Å². The van der Waals surface area contributed by atoms with Crippen LogP contribution in [0.1, 0.15) is 22.3 Å². The van der Waals surface area contributed by atoms with Crippen LogP contribution in [0.25, 0.3) is 0 Å². The van der Waals surface area contributed by atoms with Gasteiger partial charge in [-0.3, -0.25) is 14.3 Å². The van der Waals surface area contributed by atoms with Gasteiger partial charge in [0.25, 0.3) is 5.56 Å². The van der Waals surface area contributed by atoms with Crippen molar-refractivity contribution in [2.24, 2.45) is 5.14 Å². The van der Waals surface area contributed by atoms with E-state index in [0.29, 0.717) is 5.76 Å². The second-order valence-electron chi connectivity index (χ2n) is 7.97. The number of benzene rings is 1. The number of aromatic nitrogens is 2. The van der Waals surface area contributed by atoms with Gasteiger partial charge in [0, 0.05) is 12.3 Å². The molecule has 1 aliphatic rings. The molecule has 0 radical (unpaired) electrons. The summed E-state index contributed by atoms with van der Waals surface area (Å²) in [5.41, 5.74) is -1.70. The topological polar surface area (TPSA) is 216 Å². The lowest BCUT2D eigenvalue weighted by Gasteiger charge is -2.17. The van der Waals surface area contributed by atoms with Gasteiger partial charge in [0.15, 0.2) is 6.23 Å². The fraction of sp³-hybridized carbons (Fsp3) is 0.286. The number of primary sulfonamides is 1. The molecule has 37 heavy (non-hydrogen) atoms. The third kappa shape index (κ3) is 5.76. The molecule has 2 aromatic heterocycles. The lowest BCUT2D eigenvalue weighted by Crippen LogP contribution is -2.37. The van der Waals surface area contributed by atoms with Crippen LogP contribution in [0.5, 0.6) is 0 Å². The lowest BCUT2D eigenvalue weighted by molar-refractivity contribution is -0.0598. The van der Waals surface area contributed by atoms with Crippen molar-refractivity contribution in [1.82, 2.24) is 9.55 Å². The Kier molecular flexibility index (Phi) is 7.54. The maximum Gasteiger partial charge on any atom is 0.340 e. The van der Waals surface area contributed by atoms with Crippen LogP contribution >= 0.6 is 11.6 Å². The number of H-pyrrole nitrogens is 1. The number of anilines is 1. The molecular weight excluding hydrogens is 536 g/mol. The van der Waals surface area contributed by atoms with Crippen molar-refractivity contribution >= 4 is 33.3 Å². The number of aliphatic hydroxyl groups is 2. The van der Waals surface area contributed by atoms with E-state index in [1.165, 1.54) is 12.3 Å². The average Bonchev–Trinajstić information content (AvgIpc) is 3.44. The van der Waals surface area contributed by atoms with Crippen LogP contribution in [0.3, 0.4) is 0 Å². The van der Waals surface area contributed by atoms with Crippen molar-refractivity contribution in [3.63, 3.8) is 0 Å². The van der Waals surface area contributed by atoms with Crippen molar-refractivity contribution in [1.29, 1.82) is 0 Å². The largest absolute Gasteiger partial charge is 0.467 e. The molecule has 14 nitrogen and oxygen atoms in total. The van der Waals surface area contributed by atoms with Gasteiger partial charge in [-0.15, -0.1) is 0 Å². The first-order chi connectivity index (χ1) is 17.5. The molecule has 1 aromatic carbocycles. The molecule has 1 fully saturated rings. The minimum absolute atomic E-state index is 0.101. The van der Waals surface area contributed by atoms with Gasteiger partial charge in [-0.2, -0.15) is 0 Å². The molecule has 1 aliphatic heterocycles. The average molecular weight is 557 g/mol. The summed E-state index contributed by atoms with van der Waals surface area (Å²) in [6.07, 6.45) is -3.29. The van der Waals surface area contributed by atoms with Crippen LogP contribution in [-0.4, -0.2) is 59.1 Å². The maximum atomic E-state index is 12.9. The number of hydrogen-bond acceptors (Lipinski definition) is 11. The highest BCUT2D eigenvalue weighted by Gasteiger charge is 2.44. The Morgan fingerprint density at radius 3 is 2.65 bits per heavy atom. The second kappa shape index (κ2) is 10.5. The van der Waals surface area contributed by atoms with E-state index in [2.05, 4.69) is 5.32 Å². The first-order valence-electron chi connectivity index (χ1n) is 10.6. The third-order valence-corrected chi connectivity index (χ3v) is 6.85. The summed E-state index contributed by atoms with van der Waals surface area (Å²) < 4.78 is 40.7. The number of nitrogens with zero attached hydrogens (tertiary/aromatic N) is 1. The number of nitrogens with one attached hydrogen (secondary N) is 2. The molecular formula is C21H21ClN4O10S. The molecule has 0 spiro atoms. The Morgan fingerprint density at radius 1 is 1.24 bits per heavy atom. The van der Waals surface area contributed by atoms with Crippen LogP contribution in [0, 0.1) is 0 Å². The zero-order chi connectivity index (χ0) is 26.9. The molecule has 0 aliphatic carbocycles. The fourth-order valence-corrected chi connectivity index (χ4v) is 4.74. The number of hydrogen-bond donors (Lipinski definition) is 5. The monoisotopic (exact) mass is 556 g/mol. The SMILES string of the molecule is NS(=O)(=O)c1cc(C(=O)OC[C@H]2O[C@@H](n3ccc(=O)[nH]c3=O)[C@H](O)[C@@H]2O)c(NCc2ccco2)cc1Cl. The van der Waals surface area contributed by atoms with E-state index < -0.39 is 63.3 Å². The van der Waals surface area contributed by atoms with E-state index >= 15 is 0 Å². The highest BCUT2D eigenvalue weighted by atomic mass is 35.5. The number of furan rings is 1. The molecule has 4 rings (SSSR count). The Hall–Kier alpha value is -3.47. The van der Waals surface area contributed by atoms with Gasteiger partial charge in [-0.05, 0) is 24.3 Å². The van der Waals surface area contributed by atoms with Crippen molar-refractivity contribution in [3.05, 3.63) is 80.0 Å². The van der Waals surface area contributed by atoms with Crippen LogP contribution in [0.2, 0.25) is 5.02 Å². The van der Waals surface area contributed by atoms with Gasteiger partial charge in [-0.1, -0.05) is 11.6 Å². The Labute approximate surface area is 213 Å². The second-order valence-corrected chi connectivity index (χ2v) is 9.91. The smallest absolute Gasteiger partial charge is 0.340 e. The number of aromatic amines is 1. The summed E-state index contributed by atoms with van der Waals surface area (Å²) in [5.74, 6) is -0.524. The van der Waals surface area contributed by atoms with Crippen molar-refractivity contribution in [2.45, 2.75) is 36.0 Å². The van der Waals surface area contributed by atoms with E-state index in [0.717, 1.165) is 22.9 Å². The molecule has 0 amide bonds. The van der Waals surface area contributed by atoms with Gasteiger partial charge < -0.3 is 29.4 Å². The molecule has 0 saturated carbocycles. The molecule has 0 unspecified atom stereocenters. The highest BCUT2D eigenvalue weighted by Crippen LogP contribution is 2.31. The number of carbonyl (C=O) groups excluding carboxylic acids is 1. The Balaban J connectivity index is 1.54. The predicted octanol–water partition coefficient (Wildman–Crippen LogP) is -0.481. The Bertz CT molecular complexity index is 1520. The molecule has 198 valence electrons. The number of ether oxygens (including phenoxy) is 2. The van der Waals surface area contributed by atoms with Crippen LogP contribution in [0.4, 0.5) is 5.69 Å². The fourth-order valence-electron chi connectivity index (χ4n) is 3.64. The number of esters is 1. The molecule has 3 heterocycles. The maximum absolute atomic E-state index is 12.9. The van der Waals surface area contributed by atoms with Crippen LogP contribution in [-0.2, 0) is 26.0 Å². The molecule has 6 N–H and O–H groups in total. The lowest BCUT2D eigenvalue weighted by atomic mass is 10.1. The molecule has 4 atom stereocenters. The number of carbonyl (C=O) groups is 1. The molecule has 3 aromatic rings. The Morgan fingerprint density at radius 2 is 2.00 bits per heavy atom. The number of nitrogens with two attached hydrogens (primary N) is 1. The number of sulfonamides is 1. The van der Waals surface area contributed by atoms with E-state index in [1.54, 1.807) is 12.1 Å². The van der Waals surface area contributed by atoms with E-state index in [1.807, 2.05) is 4.98 Å². The van der Waals surface area contributed by atoms with Gasteiger partial charge >= 0.3 is 11.7 Å². The summed E-state index contributed by atoms with van der Waals surface area (Å²) >= 11 is 6.06. The predicted molar refractivity (Wildman–Crippen MR) is 126 cm³/mol. The third-order valence-electron chi connectivity index (χ3n) is 5.47. The van der Waals surface area contributed by atoms with E-state index in [9.17, 15) is 33.0 Å². The standard InChI is InChI=1S/C21H21ClN4O10S/c22-12-7-13(24-8-10-2-1-5-34-10)11(6-15(12)37(23,32)33)20(30)35-9-14-17(28)18(29)19(36-14)26-4-3-16(27)25-21(26)31/h1-7,14,17-19,24,28-29H,8-9H2,(H2,23,32,33)(H,25,27,31)/t14-,17-,18-,19-/m1/s1. The van der Waals surface area contributed by atoms with Crippen molar-refractivity contribution in [2.75, 3.05) is 11.9 Å². The normalized spacial score (nSPS) is 21.6. The summed E-state index contributed by atoms with van der Waals surface area (Å²) in [6.45, 7) is -0.471. The molecule has 16 heteroatoms. The minimum Gasteiger partial charge on any atom is -0.467 e. The molecule has 1 saturated heterocycles. The van der Waals surface area contributed by atoms with Gasteiger partial charge in [-0.25, -0.2) is 23.1 Å². The zero-order valence-electron chi connectivity index (χ0n) is 18.7. The van der Waals surface area contributed by atoms with E-state index in [-0.39, 0.29) is 22.8 Å². The number of rotatable bonds is 8. The summed E-state index contributed by atoms with van der Waals surface area (Å²) in [7, 11) is -4.30. The quantitative estimate of drug-likeness (QED) is 0.223. The first-order valence-corrected chi connectivity index (χ1v) is 12.5. The molecule has 0 bridgehead atoms. The summed E-state index contributed by atoms with van der Waals surface area (Å²) in [5, 5.41) is 28.5. The summed E-state index contributed by atoms with van der Waals surface area (Å²) in [6, 6.07) is 6.47. The minimum atomic E-state index is -4.30. The zero-order valence-corrected chi connectivity index (χ0v) is 20.3. The number of aliphatic hydroxyl groups excluding tert-OH is 2. The van der Waals surface area contributed by atoms with E-state index in [4.69, 9.17) is 30.6 Å². The number of halogens is 1. The van der Waals surface area contributed by atoms with Crippen LogP contribution in [0.15, 0.2) is 61.7 Å². The first kappa shape index (κ1) is 26.6. The van der Waals surface area contributed by atoms with Crippen LogP contribution < -0.4 is 21.7 Å².